The van der Waals surface area contributed by atoms with Crippen molar-refractivity contribution in [1.82, 2.24) is 10.3 Å². The van der Waals surface area contributed by atoms with Gasteiger partial charge in [0.2, 0.25) is 0 Å². The molecule has 146 valence electrons. The lowest BCUT2D eigenvalue weighted by Crippen LogP contribution is -2.28. The molecule has 1 heterocycles. The SMILES string of the molecule is CCOc1ccc(-c2nc(C(=O)NCCOc3ccccc3OC)cs2)cc1. The van der Waals surface area contributed by atoms with Crippen molar-refractivity contribution in [2.45, 2.75) is 6.92 Å². The summed E-state index contributed by atoms with van der Waals surface area (Å²) in [7, 11) is 1.59. The number of nitrogens with one attached hydrogen (secondary N) is 1. The molecule has 0 atom stereocenters. The molecule has 0 aliphatic heterocycles. The van der Waals surface area contributed by atoms with E-state index in [0.29, 0.717) is 37.0 Å². The largest absolute Gasteiger partial charge is 0.494 e. The third-order valence-electron chi connectivity index (χ3n) is 3.86. The lowest BCUT2D eigenvalue weighted by Gasteiger charge is -2.10. The zero-order valence-corrected chi connectivity index (χ0v) is 16.6. The molecule has 1 amide bonds. The highest BCUT2D eigenvalue weighted by molar-refractivity contribution is 7.13. The Morgan fingerprint density at radius 2 is 1.82 bits per heavy atom. The van der Waals surface area contributed by atoms with E-state index in [9.17, 15) is 4.79 Å². The fourth-order valence-corrected chi connectivity index (χ4v) is 3.33. The molecule has 3 rings (SSSR count). The second-order valence-corrected chi connectivity index (χ2v) is 6.61. The Balaban J connectivity index is 1.51. The highest BCUT2D eigenvalue weighted by Gasteiger charge is 2.12. The van der Waals surface area contributed by atoms with Crippen LogP contribution in [0.5, 0.6) is 17.2 Å². The Bertz CT molecular complexity index is 909. The summed E-state index contributed by atoms with van der Waals surface area (Å²) in [5.74, 6) is 1.90. The number of rotatable bonds is 9. The van der Waals surface area contributed by atoms with Crippen LogP contribution in [-0.2, 0) is 0 Å². The third-order valence-corrected chi connectivity index (χ3v) is 4.75. The van der Waals surface area contributed by atoms with Crippen LogP contribution >= 0.6 is 11.3 Å². The molecule has 0 radical (unpaired) electrons. The van der Waals surface area contributed by atoms with Crippen molar-refractivity contribution in [1.29, 1.82) is 0 Å². The predicted octanol–water partition coefficient (Wildman–Crippen LogP) is 4.03. The van der Waals surface area contributed by atoms with Crippen molar-refractivity contribution >= 4 is 17.2 Å². The number of thiazole rings is 1. The quantitative estimate of drug-likeness (QED) is 0.551. The van der Waals surface area contributed by atoms with Gasteiger partial charge in [-0.25, -0.2) is 4.98 Å². The molecule has 0 bridgehead atoms. The first-order valence-electron chi connectivity index (χ1n) is 8.94. The van der Waals surface area contributed by atoms with Gasteiger partial charge in [0.15, 0.2) is 11.5 Å². The molecule has 0 fully saturated rings. The maximum atomic E-state index is 12.3. The van der Waals surface area contributed by atoms with Crippen LogP contribution in [-0.4, -0.2) is 37.8 Å². The van der Waals surface area contributed by atoms with E-state index < -0.39 is 0 Å². The summed E-state index contributed by atoms with van der Waals surface area (Å²) < 4.78 is 16.3. The van der Waals surface area contributed by atoms with Crippen LogP contribution in [0.3, 0.4) is 0 Å². The van der Waals surface area contributed by atoms with Crippen molar-refractivity contribution in [3.8, 4) is 27.8 Å². The summed E-state index contributed by atoms with van der Waals surface area (Å²) in [5.41, 5.74) is 1.35. The predicted molar refractivity (Wildman–Crippen MR) is 110 cm³/mol. The van der Waals surface area contributed by atoms with E-state index in [1.165, 1.54) is 11.3 Å². The first kappa shape index (κ1) is 19.7. The zero-order chi connectivity index (χ0) is 19.8. The van der Waals surface area contributed by atoms with E-state index in [1.807, 2.05) is 55.5 Å². The van der Waals surface area contributed by atoms with Gasteiger partial charge in [-0.05, 0) is 43.3 Å². The second kappa shape index (κ2) is 9.75. The third kappa shape index (κ3) is 5.01. The first-order valence-corrected chi connectivity index (χ1v) is 9.82. The number of hydrogen-bond donors (Lipinski definition) is 1. The normalized spacial score (nSPS) is 10.4. The van der Waals surface area contributed by atoms with Crippen LogP contribution in [0, 0.1) is 0 Å². The van der Waals surface area contributed by atoms with Gasteiger partial charge in [0.25, 0.3) is 5.91 Å². The molecule has 2 aromatic carbocycles. The van der Waals surface area contributed by atoms with Gasteiger partial charge in [-0.15, -0.1) is 11.3 Å². The number of benzene rings is 2. The molecular weight excluding hydrogens is 376 g/mol. The Morgan fingerprint density at radius 1 is 1.07 bits per heavy atom. The summed E-state index contributed by atoms with van der Waals surface area (Å²) >= 11 is 1.43. The fourth-order valence-electron chi connectivity index (χ4n) is 2.53. The van der Waals surface area contributed by atoms with Gasteiger partial charge < -0.3 is 19.5 Å². The zero-order valence-electron chi connectivity index (χ0n) is 15.8. The Labute approximate surface area is 168 Å². The van der Waals surface area contributed by atoms with Crippen molar-refractivity contribution in [3.63, 3.8) is 0 Å². The van der Waals surface area contributed by atoms with Crippen LogP contribution < -0.4 is 19.5 Å². The van der Waals surface area contributed by atoms with E-state index in [4.69, 9.17) is 14.2 Å². The molecular formula is C21H22N2O4S. The van der Waals surface area contributed by atoms with Gasteiger partial charge in [-0.3, -0.25) is 4.79 Å². The Hall–Kier alpha value is -3.06. The number of nitrogens with zero attached hydrogens (tertiary/aromatic N) is 1. The highest BCUT2D eigenvalue weighted by Crippen LogP contribution is 2.26. The lowest BCUT2D eigenvalue weighted by atomic mass is 10.2. The van der Waals surface area contributed by atoms with Gasteiger partial charge >= 0.3 is 0 Å². The minimum absolute atomic E-state index is 0.225. The molecule has 7 heteroatoms. The number of ether oxygens (including phenoxy) is 3. The smallest absolute Gasteiger partial charge is 0.270 e. The van der Waals surface area contributed by atoms with Gasteiger partial charge in [-0.1, -0.05) is 12.1 Å². The maximum Gasteiger partial charge on any atom is 0.270 e. The van der Waals surface area contributed by atoms with Gasteiger partial charge in [0.05, 0.1) is 20.3 Å². The molecule has 0 aliphatic rings. The van der Waals surface area contributed by atoms with Crippen LogP contribution in [0.2, 0.25) is 0 Å². The van der Waals surface area contributed by atoms with E-state index in [0.717, 1.165) is 16.3 Å². The number of carbonyl (C=O) groups excluding carboxylic acids is 1. The molecule has 1 N–H and O–H groups in total. The Kier molecular flexibility index (Phi) is 6.86. The summed E-state index contributed by atoms with van der Waals surface area (Å²) in [5, 5.41) is 5.36. The Morgan fingerprint density at radius 3 is 2.54 bits per heavy atom. The number of para-hydroxylation sites is 2. The summed E-state index contributed by atoms with van der Waals surface area (Å²) in [4.78, 5) is 16.7. The van der Waals surface area contributed by atoms with E-state index in [-0.39, 0.29) is 5.91 Å². The summed E-state index contributed by atoms with van der Waals surface area (Å²) in [6.07, 6.45) is 0. The lowest BCUT2D eigenvalue weighted by molar-refractivity contribution is 0.0942. The standard InChI is InChI=1S/C21H22N2O4S/c1-3-26-16-10-8-15(9-11-16)21-23-17(14-28-21)20(24)22-12-13-27-19-7-5-4-6-18(19)25-2/h4-11,14H,3,12-13H2,1-2H3,(H,22,24). The molecule has 28 heavy (non-hydrogen) atoms. The average Bonchev–Trinajstić information content (AvgIpc) is 3.22. The van der Waals surface area contributed by atoms with Gasteiger partial charge in [-0.2, -0.15) is 0 Å². The molecule has 6 nitrogen and oxygen atoms in total. The number of amides is 1. The summed E-state index contributed by atoms with van der Waals surface area (Å²) in [6.45, 7) is 3.28. The van der Waals surface area contributed by atoms with Crippen molar-refractivity contribution in [2.24, 2.45) is 0 Å². The van der Waals surface area contributed by atoms with E-state index in [1.54, 1.807) is 12.5 Å². The van der Waals surface area contributed by atoms with Crippen molar-refractivity contribution < 1.29 is 19.0 Å². The molecule has 0 saturated heterocycles. The molecule has 0 spiro atoms. The van der Waals surface area contributed by atoms with Crippen molar-refractivity contribution in [3.05, 3.63) is 59.6 Å². The minimum atomic E-state index is -0.225. The van der Waals surface area contributed by atoms with Crippen LogP contribution in [0.4, 0.5) is 0 Å². The molecule has 3 aromatic rings. The minimum Gasteiger partial charge on any atom is -0.494 e. The maximum absolute atomic E-state index is 12.3. The number of aromatic nitrogens is 1. The molecule has 0 aliphatic carbocycles. The van der Waals surface area contributed by atoms with Crippen LogP contribution in [0.15, 0.2) is 53.9 Å². The molecule has 0 unspecified atom stereocenters. The van der Waals surface area contributed by atoms with Gasteiger partial charge in [0.1, 0.15) is 23.1 Å². The number of hydrogen-bond acceptors (Lipinski definition) is 6. The van der Waals surface area contributed by atoms with Crippen molar-refractivity contribution in [2.75, 3.05) is 26.9 Å². The monoisotopic (exact) mass is 398 g/mol. The van der Waals surface area contributed by atoms with Crippen LogP contribution in [0.25, 0.3) is 10.6 Å². The van der Waals surface area contributed by atoms with Gasteiger partial charge in [0, 0.05) is 10.9 Å². The number of carbonyl (C=O) groups is 1. The average molecular weight is 398 g/mol. The van der Waals surface area contributed by atoms with E-state index >= 15 is 0 Å². The topological polar surface area (TPSA) is 69.7 Å². The fraction of sp³-hybridized carbons (Fsp3) is 0.238. The van der Waals surface area contributed by atoms with E-state index in [2.05, 4.69) is 10.3 Å². The highest BCUT2D eigenvalue weighted by atomic mass is 32.1. The molecule has 1 aromatic heterocycles. The van der Waals surface area contributed by atoms with Crippen LogP contribution in [0.1, 0.15) is 17.4 Å². The molecule has 0 saturated carbocycles. The summed E-state index contributed by atoms with van der Waals surface area (Å²) in [6, 6.07) is 15.1. The number of methoxy groups -OCH3 is 1. The first-order chi connectivity index (χ1) is 13.7. The second-order valence-electron chi connectivity index (χ2n) is 5.75.